The fourth-order valence-electron chi connectivity index (χ4n) is 4.79. The SMILES string of the molecule is COc1cc([C@@](Cc2ccccc2)(NC(=O)N2CC(F)(F)CC2C#N)c2cc(F)cc(C(F)(F)F)c2)ccc1F. The average molecular weight is 565 g/mol. The van der Waals surface area contributed by atoms with Crippen LogP contribution in [0.4, 0.5) is 35.5 Å². The van der Waals surface area contributed by atoms with Crippen molar-refractivity contribution in [2.75, 3.05) is 13.7 Å². The number of benzene rings is 3. The normalized spacial score (nSPS) is 18.1. The summed E-state index contributed by atoms with van der Waals surface area (Å²) in [5, 5.41) is 11.9. The lowest BCUT2D eigenvalue weighted by atomic mass is 9.77. The number of carbonyl (C=O) groups is 1. The fraction of sp³-hybridized carbons (Fsp3) is 0.286. The maximum Gasteiger partial charge on any atom is 0.416 e. The number of ether oxygens (including phenoxy) is 1. The Morgan fingerprint density at radius 3 is 2.35 bits per heavy atom. The molecule has 0 saturated carbocycles. The van der Waals surface area contributed by atoms with E-state index in [2.05, 4.69) is 5.32 Å². The van der Waals surface area contributed by atoms with E-state index in [0.29, 0.717) is 16.5 Å². The molecule has 2 amide bonds. The van der Waals surface area contributed by atoms with Gasteiger partial charge in [0.15, 0.2) is 11.6 Å². The molecule has 0 aromatic heterocycles. The highest BCUT2D eigenvalue weighted by Gasteiger charge is 2.49. The summed E-state index contributed by atoms with van der Waals surface area (Å²) in [7, 11) is 1.15. The zero-order valence-corrected chi connectivity index (χ0v) is 20.9. The molecule has 3 aromatic carbocycles. The molecule has 12 heteroatoms. The van der Waals surface area contributed by atoms with Gasteiger partial charge < -0.3 is 15.0 Å². The quantitative estimate of drug-likeness (QED) is 0.351. The first-order chi connectivity index (χ1) is 18.8. The maximum atomic E-state index is 14.8. The first-order valence-corrected chi connectivity index (χ1v) is 11.9. The molecule has 1 aliphatic heterocycles. The van der Waals surface area contributed by atoms with Crippen molar-refractivity contribution in [1.29, 1.82) is 5.26 Å². The van der Waals surface area contributed by atoms with E-state index in [-0.39, 0.29) is 23.8 Å². The van der Waals surface area contributed by atoms with Gasteiger partial charge in [0.05, 0.1) is 30.8 Å². The van der Waals surface area contributed by atoms with Gasteiger partial charge in [-0.2, -0.15) is 18.4 Å². The zero-order valence-electron chi connectivity index (χ0n) is 20.9. The predicted molar refractivity (Wildman–Crippen MR) is 129 cm³/mol. The number of hydrogen-bond acceptors (Lipinski definition) is 3. The van der Waals surface area contributed by atoms with Crippen LogP contribution >= 0.6 is 0 Å². The molecule has 4 rings (SSSR count). The van der Waals surface area contributed by atoms with Gasteiger partial charge in [-0.15, -0.1) is 0 Å². The molecule has 0 aliphatic carbocycles. The summed E-state index contributed by atoms with van der Waals surface area (Å²) in [5.41, 5.74) is -3.41. The molecule has 1 fully saturated rings. The number of methoxy groups -OCH3 is 1. The number of nitrogens with one attached hydrogen (secondary N) is 1. The van der Waals surface area contributed by atoms with E-state index >= 15 is 0 Å². The van der Waals surface area contributed by atoms with Gasteiger partial charge in [0, 0.05) is 12.8 Å². The predicted octanol–water partition coefficient (Wildman–Crippen LogP) is 6.42. The van der Waals surface area contributed by atoms with Crippen molar-refractivity contribution in [1.82, 2.24) is 10.2 Å². The maximum absolute atomic E-state index is 14.8. The standard InChI is InChI=1S/C28H22F7N3O2/c1-40-24-12-18(7-8-23(24)30)27(13-17-5-3-2-4-6-17,19-9-20(28(33,34)35)11-21(29)10-19)37-25(39)38-16-26(31,32)14-22(38)15-36/h2-12,22H,13-14,16H2,1H3,(H,37,39)/t22?,27-/m1/s1. The minimum atomic E-state index is -4.98. The van der Waals surface area contributed by atoms with Crippen LogP contribution < -0.4 is 10.1 Å². The number of halogens is 7. The van der Waals surface area contributed by atoms with Crippen molar-refractivity contribution in [2.45, 2.75) is 36.5 Å². The number of alkyl halides is 5. The topological polar surface area (TPSA) is 65.4 Å². The molecule has 3 aromatic rings. The van der Waals surface area contributed by atoms with Crippen LogP contribution in [0.1, 0.15) is 28.7 Å². The Morgan fingerprint density at radius 1 is 1.05 bits per heavy atom. The van der Waals surface area contributed by atoms with Crippen molar-refractivity contribution in [3.63, 3.8) is 0 Å². The van der Waals surface area contributed by atoms with Crippen LogP contribution in [-0.4, -0.2) is 36.5 Å². The van der Waals surface area contributed by atoms with E-state index in [1.165, 1.54) is 6.07 Å². The largest absolute Gasteiger partial charge is 0.494 e. The molecule has 40 heavy (non-hydrogen) atoms. The Kier molecular flexibility index (Phi) is 7.70. The number of nitrogens with zero attached hydrogens (tertiary/aromatic N) is 2. The molecule has 5 nitrogen and oxygen atoms in total. The summed E-state index contributed by atoms with van der Waals surface area (Å²) in [6.07, 6.45) is -6.23. The summed E-state index contributed by atoms with van der Waals surface area (Å²) >= 11 is 0. The van der Waals surface area contributed by atoms with Gasteiger partial charge >= 0.3 is 12.2 Å². The van der Waals surface area contributed by atoms with Gasteiger partial charge in [-0.25, -0.2) is 22.4 Å². The van der Waals surface area contributed by atoms with Crippen molar-refractivity contribution in [3.05, 3.63) is 101 Å². The molecular formula is C28H22F7N3O2. The summed E-state index contributed by atoms with van der Waals surface area (Å²) in [4.78, 5) is 14.1. The average Bonchev–Trinajstić information content (AvgIpc) is 3.23. The monoisotopic (exact) mass is 565 g/mol. The Bertz CT molecular complexity index is 1440. The van der Waals surface area contributed by atoms with E-state index in [4.69, 9.17) is 4.74 Å². The minimum Gasteiger partial charge on any atom is -0.494 e. The van der Waals surface area contributed by atoms with Crippen LogP contribution in [0, 0.1) is 23.0 Å². The molecule has 0 bridgehead atoms. The molecule has 0 spiro atoms. The molecule has 0 radical (unpaired) electrons. The smallest absolute Gasteiger partial charge is 0.416 e. The minimum absolute atomic E-state index is 0.0267. The first-order valence-electron chi connectivity index (χ1n) is 11.9. The number of hydrogen-bond donors (Lipinski definition) is 1. The number of nitriles is 1. The lowest BCUT2D eigenvalue weighted by molar-refractivity contribution is -0.137. The highest BCUT2D eigenvalue weighted by Crippen LogP contribution is 2.40. The number of carbonyl (C=O) groups excluding carboxylic acids is 1. The van der Waals surface area contributed by atoms with Crippen molar-refractivity contribution in [2.24, 2.45) is 0 Å². The lowest BCUT2D eigenvalue weighted by Gasteiger charge is -2.38. The first kappa shape index (κ1) is 28.7. The number of rotatable bonds is 6. The Morgan fingerprint density at radius 2 is 1.73 bits per heavy atom. The van der Waals surface area contributed by atoms with Crippen molar-refractivity contribution >= 4 is 6.03 Å². The van der Waals surface area contributed by atoms with E-state index in [9.17, 15) is 40.8 Å². The van der Waals surface area contributed by atoms with E-state index in [0.717, 1.165) is 25.3 Å². The van der Waals surface area contributed by atoms with Gasteiger partial charge in [0.2, 0.25) is 0 Å². The summed E-state index contributed by atoms with van der Waals surface area (Å²) < 4.78 is 104. The van der Waals surface area contributed by atoms with Gasteiger partial charge in [-0.05, 0) is 47.0 Å². The third-order valence-corrected chi connectivity index (χ3v) is 6.67. The molecule has 1 saturated heterocycles. The summed E-state index contributed by atoms with van der Waals surface area (Å²) in [5.74, 6) is -5.83. The molecule has 210 valence electrons. The third-order valence-electron chi connectivity index (χ3n) is 6.67. The van der Waals surface area contributed by atoms with Crippen LogP contribution in [0.3, 0.4) is 0 Å². The Hall–Kier alpha value is -4.27. The highest BCUT2D eigenvalue weighted by molar-refractivity contribution is 5.78. The van der Waals surface area contributed by atoms with Gasteiger partial charge in [-0.1, -0.05) is 36.4 Å². The fourth-order valence-corrected chi connectivity index (χ4v) is 4.79. The molecular weight excluding hydrogens is 543 g/mol. The second-order valence-corrected chi connectivity index (χ2v) is 9.41. The van der Waals surface area contributed by atoms with E-state index in [1.807, 2.05) is 0 Å². The summed E-state index contributed by atoms with van der Waals surface area (Å²) in [6.45, 7) is -1.12. The summed E-state index contributed by atoms with van der Waals surface area (Å²) in [6, 6.07) is 11.9. The molecule has 1 aliphatic rings. The van der Waals surface area contributed by atoms with Crippen LogP contribution in [0.15, 0.2) is 66.7 Å². The van der Waals surface area contributed by atoms with Crippen molar-refractivity contribution < 1.29 is 40.3 Å². The van der Waals surface area contributed by atoms with E-state index < -0.39 is 65.4 Å². The Balaban J connectivity index is 1.99. The van der Waals surface area contributed by atoms with Crippen LogP contribution in [0.5, 0.6) is 5.75 Å². The molecule has 1 unspecified atom stereocenters. The second kappa shape index (κ2) is 10.7. The number of likely N-dealkylation sites (tertiary alicyclic amines) is 1. The van der Waals surface area contributed by atoms with Gasteiger partial charge in [-0.3, -0.25) is 0 Å². The molecule has 1 heterocycles. The van der Waals surface area contributed by atoms with Gasteiger partial charge in [0.25, 0.3) is 5.92 Å². The molecule has 1 N–H and O–H groups in total. The third kappa shape index (κ3) is 5.83. The highest BCUT2D eigenvalue weighted by atomic mass is 19.4. The zero-order chi connectivity index (χ0) is 29.3. The van der Waals surface area contributed by atoms with E-state index in [1.54, 1.807) is 36.4 Å². The van der Waals surface area contributed by atoms with Gasteiger partial charge in [0.1, 0.15) is 11.9 Å². The second-order valence-electron chi connectivity index (χ2n) is 9.41. The Labute approximate surface area is 224 Å². The lowest BCUT2D eigenvalue weighted by Crippen LogP contribution is -2.54. The number of amides is 2. The number of urea groups is 1. The van der Waals surface area contributed by atoms with Crippen LogP contribution in [-0.2, 0) is 18.1 Å². The van der Waals surface area contributed by atoms with Crippen molar-refractivity contribution in [3.8, 4) is 11.8 Å². The van der Waals surface area contributed by atoms with Crippen LogP contribution in [0.2, 0.25) is 0 Å². The van der Waals surface area contributed by atoms with Crippen LogP contribution in [0.25, 0.3) is 0 Å². The molecule has 2 atom stereocenters.